The molecule has 48 heavy (non-hydrogen) atoms. The highest BCUT2D eigenvalue weighted by molar-refractivity contribution is 5.81. The summed E-state index contributed by atoms with van der Waals surface area (Å²) in [5.41, 5.74) is 37.5. The van der Waals surface area contributed by atoms with E-state index in [1.165, 1.54) is 0 Å². The SMILES string of the molecule is Nc1ccc(N(c2ccc(N)cc2)c2ccc(-c3ccc(-c4ccc(N(c5ccc(N)cc5)c5ccc(N)cc5)cc4)cc3)cc2)cc1. The van der Waals surface area contributed by atoms with Crippen LogP contribution in [-0.4, -0.2) is 0 Å². The molecule has 0 amide bonds. The zero-order chi connectivity index (χ0) is 33.0. The Morgan fingerprint density at radius 3 is 0.542 bits per heavy atom. The molecule has 0 spiro atoms. The topological polar surface area (TPSA) is 111 Å². The van der Waals surface area contributed by atoms with Gasteiger partial charge in [0.15, 0.2) is 0 Å². The van der Waals surface area contributed by atoms with Crippen molar-refractivity contribution >= 4 is 56.9 Å². The third-order valence-corrected chi connectivity index (χ3v) is 8.41. The highest BCUT2D eigenvalue weighted by Gasteiger charge is 2.14. The molecule has 0 heterocycles. The molecule has 234 valence electrons. The van der Waals surface area contributed by atoms with Gasteiger partial charge < -0.3 is 32.7 Å². The fourth-order valence-corrected chi connectivity index (χ4v) is 5.85. The van der Waals surface area contributed by atoms with Gasteiger partial charge >= 0.3 is 0 Å². The predicted octanol–water partition coefficient (Wildman–Crippen LogP) is 10.3. The van der Waals surface area contributed by atoms with Crippen molar-refractivity contribution in [1.82, 2.24) is 0 Å². The van der Waals surface area contributed by atoms with E-state index in [0.29, 0.717) is 0 Å². The minimum atomic E-state index is 0.726. The molecular weight excluding hydrogens is 589 g/mol. The maximum Gasteiger partial charge on any atom is 0.0463 e. The van der Waals surface area contributed by atoms with Gasteiger partial charge in [0, 0.05) is 56.9 Å². The lowest BCUT2D eigenvalue weighted by Gasteiger charge is -2.26. The summed E-state index contributed by atoms with van der Waals surface area (Å²) in [6.07, 6.45) is 0. The molecule has 0 aromatic heterocycles. The van der Waals surface area contributed by atoms with Crippen molar-refractivity contribution in [3.63, 3.8) is 0 Å². The Bertz CT molecular complexity index is 1860. The Kier molecular flexibility index (Phi) is 8.12. The quantitative estimate of drug-likeness (QED) is 0.125. The summed E-state index contributed by atoms with van der Waals surface area (Å²) in [5, 5.41) is 0. The Labute approximate surface area is 281 Å². The first-order valence-electron chi connectivity index (χ1n) is 15.7. The molecule has 8 N–H and O–H groups in total. The van der Waals surface area contributed by atoms with Crippen LogP contribution in [0, 0.1) is 0 Å². The van der Waals surface area contributed by atoms with E-state index in [2.05, 4.69) is 82.6 Å². The van der Waals surface area contributed by atoms with Crippen LogP contribution in [0.3, 0.4) is 0 Å². The second-order valence-electron chi connectivity index (χ2n) is 11.7. The predicted molar refractivity (Wildman–Crippen MR) is 204 cm³/mol. The van der Waals surface area contributed by atoms with E-state index in [4.69, 9.17) is 22.9 Å². The van der Waals surface area contributed by atoms with Crippen molar-refractivity contribution in [3.8, 4) is 22.3 Å². The molecule has 6 nitrogen and oxygen atoms in total. The molecule has 6 heteroatoms. The zero-order valence-electron chi connectivity index (χ0n) is 26.4. The third-order valence-electron chi connectivity index (χ3n) is 8.41. The highest BCUT2D eigenvalue weighted by Crippen LogP contribution is 2.38. The monoisotopic (exact) mass is 624 g/mol. The Balaban J connectivity index is 1.13. The molecule has 0 saturated carbocycles. The van der Waals surface area contributed by atoms with Crippen LogP contribution < -0.4 is 32.7 Å². The summed E-state index contributed by atoms with van der Waals surface area (Å²) >= 11 is 0. The normalized spacial score (nSPS) is 10.8. The molecule has 0 aliphatic rings. The van der Waals surface area contributed by atoms with Crippen molar-refractivity contribution in [2.45, 2.75) is 0 Å². The first-order valence-corrected chi connectivity index (χ1v) is 15.7. The molecule has 0 aliphatic heterocycles. The first kappa shape index (κ1) is 30.0. The third kappa shape index (κ3) is 6.36. The van der Waals surface area contributed by atoms with E-state index < -0.39 is 0 Å². The zero-order valence-corrected chi connectivity index (χ0v) is 26.4. The van der Waals surface area contributed by atoms with Crippen LogP contribution in [-0.2, 0) is 0 Å². The van der Waals surface area contributed by atoms with Gasteiger partial charge in [-0.1, -0.05) is 48.5 Å². The van der Waals surface area contributed by atoms with Crippen LogP contribution in [0.25, 0.3) is 22.3 Å². The molecular formula is C42H36N6. The average Bonchev–Trinajstić information content (AvgIpc) is 3.12. The fraction of sp³-hybridized carbons (Fsp3) is 0. The summed E-state index contributed by atoms with van der Waals surface area (Å²) in [5.74, 6) is 0. The number of anilines is 10. The molecule has 0 unspecified atom stereocenters. The lowest BCUT2D eigenvalue weighted by atomic mass is 9.99. The van der Waals surface area contributed by atoms with Gasteiger partial charge in [0.25, 0.3) is 0 Å². The van der Waals surface area contributed by atoms with Crippen LogP contribution >= 0.6 is 0 Å². The van der Waals surface area contributed by atoms with Gasteiger partial charge in [0.1, 0.15) is 0 Å². The van der Waals surface area contributed by atoms with E-state index in [0.717, 1.165) is 79.1 Å². The Morgan fingerprint density at radius 1 is 0.208 bits per heavy atom. The number of hydrogen-bond acceptors (Lipinski definition) is 6. The van der Waals surface area contributed by atoms with Gasteiger partial charge in [0.05, 0.1) is 0 Å². The van der Waals surface area contributed by atoms with Gasteiger partial charge in [0.2, 0.25) is 0 Å². The van der Waals surface area contributed by atoms with Gasteiger partial charge in [-0.15, -0.1) is 0 Å². The molecule has 0 fully saturated rings. The first-order chi connectivity index (χ1) is 23.4. The van der Waals surface area contributed by atoms with Gasteiger partial charge in [-0.05, 0) is 144 Å². The molecule has 7 aromatic carbocycles. The largest absolute Gasteiger partial charge is 0.399 e. The number of rotatable bonds is 8. The molecule has 0 bridgehead atoms. The lowest BCUT2D eigenvalue weighted by Crippen LogP contribution is -2.10. The summed E-state index contributed by atoms with van der Waals surface area (Å²) in [7, 11) is 0. The van der Waals surface area contributed by atoms with E-state index in [9.17, 15) is 0 Å². The van der Waals surface area contributed by atoms with Gasteiger partial charge in [-0.25, -0.2) is 0 Å². The van der Waals surface area contributed by atoms with Crippen LogP contribution in [0.1, 0.15) is 0 Å². The Morgan fingerprint density at radius 2 is 0.354 bits per heavy atom. The standard InChI is InChI=1S/C42H36N6/c43-33-9-21-39(22-10-33)47(40-23-11-34(44)12-24-40)37-17-5-31(6-18-37)29-1-2-30(4-3-29)32-7-19-38(20-8-32)48(41-25-13-35(45)14-26-41)42-27-15-36(46)16-28-42/h1-28H,43-46H2. The maximum absolute atomic E-state index is 5.98. The molecule has 0 radical (unpaired) electrons. The number of hydrogen-bond donors (Lipinski definition) is 4. The van der Waals surface area contributed by atoms with Crippen molar-refractivity contribution < 1.29 is 0 Å². The average molecular weight is 625 g/mol. The second-order valence-corrected chi connectivity index (χ2v) is 11.7. The highest BCUT2D eigenvalue weighted by atomic mass is 15.1. The maximum atomic E-state index is 5.98. The van der Waals surface area contributed by atoms with E-state index in [1.54, 1.807) is 0 Å². The van der Waals surface area contributed by atoms with E-state index in [1.807, 2.05) is 97.1 Å². The van der Waals surface area contributed by atoms with Crippen molar-refractivity contribution in [2.24, 2.45) is 0 Å². The summed E-state index contributed by atoms with van der Waals surface area (Å²) < 4.78 is 0. The van der Waals surface area contributed by atoms with E-state index >= 15 is 0 Å². The molecule has 7 rings (SSSR count). The minimum absolute atomic E-state index is 0.726. The number of nitrogens with zero attached hydrogens (tertiary/aromatic N) is 2. The summed E-state index contributed by atoms with van der Waals surface area (Å²) in [4.78, 5) is 4.38. The molecule has 7 aromatic rings. The summed E-state index contributed by atoms with van der Waals surface area (Å²) in [6.45, 7) is 0. The summed E-state index contributed by atoms with van der Waals surface area (Å²) in [6, 6.07) is 57.4. The molecule has 0 saturated heterocycles. The van der Waals surface area contributed by atoms with Crippen molar-refractivity contribution in [2.75, 3.05) is 32.7 Å². The van der Waals surface area contributed by atoms with Crippen LogP contribution in [0.5, 0.6) is 0 Å². The lowest BCUT2D eigenvalue weighted by molar-refractivity contribution is 1.28. The van der Waals surface area contributed by atoms with Gasteiger partial charge in [-0.3, -0.25) is 0 Å². The Hall–Kier alpha value is -6.66. The smallest absolute Gasteiger partial charge is 0.0463 e. The van der Waals surface area contributed by atoms with Crippen LogP contribution in [0.4, 0.5) is 56.9 Å². The van der Waals surface area contributed by atoms with E-state index in [-0.39, 0.29) is 0 Å². The van der Waals surface area contributed by atoms with Crippen LogP contribution in [0.2, 0.25) is 0 Å². The number of nitrogens with two attached hydrogens (primary N) is 4. The van der Waals surface area contributed by atoms with Crippen LogP contribution in [0.15, 0.2) is 170 Å². The minimum Gasteiger partial charge on any atom is -0.399 e. The van der Waals surface area contributed by atoms with Crippen molar-refractivity contribution in [3.05, 3.63) is 170 Å². The molecule has 0 atom stereocenters. The second kappa shape index (κ2) is 13.0. The fourth-order valence-electron chi connectivity index (χ4n) is 5.85. The van der Waals surface area contributed by atoms with Gasteiger partial charge in [-0.2, -0.15) is 0 Å². The number of nitrogen functional groups attached to an aromatic ring is 4. The van der Waals surface area contributed by atoms with Crippen molar-refractivity contribution in [1.29, 1.82) is 0 Å². The molecule has 0 aliphatic carbocycles. The number of benzene rings is 7.